The molecule has 1 fully saturated rings. The number of rotatable bonds is 6. The molecule has 156 valence electrons. The molecule has 0 bridgehead atoms. The summed E-state index contributed by atoms with van der Waals surface area (Å²) in [5.41, 5.74) is 0.508. The van der Waals surface area contributed by atoms with Gasteiger partial charge in [-0.1, -0.05) is 37.3 Å². The Morgan fingerprint density at radius 1 is 1.17 bits per heavy atom. The first kappa shape index (κ1) is 21.1. The molecule has 1 aliphatic rings. The molecule has 1 aromatic carbocycles. The van der Waals surface area contributed by atoms with E-state index >= 15 is 0 Å². The number of piperazine rings is 1. The molecule has 0 spiro atoms. The lowest BCUT2D eigenvalue weighted by Crippen LogP contribution is -3.16. The van der Waals surface area contributed by atoms with Crippen molar-refractivity contribution in [3.8, 4) is 0 Å². The number of anilines is 1. The van der Waals surface area contributed by atoms with Gasteiger partial charge in [0.1, 0.15) is 32.4 Å². The largest absolute Gasteiger partial charge is 0.419 e. The molecule has 1 aromatic heterocycles. The maximum absolute atomic E-state index is 12.7. The van der Waals surface area contributed by atoms with Gasteiger partial charge in [-0.2, -0.15) is 13.2 Å². The molecule has 29 heavy (non-hydrogen) atoms. The molecule has 0 unspecified atom stereocenters. The molecule has 8 heteroatoms. The van der Waals surface area contributed by atoms with Gasteiger partial charge in [-0.05, 0) is 17.5 Å². The van der Waals surface area contributed by atoms with Crippen molar-refractivity contribution in [1.82, 2.24) is 5.32 Å². The van der Waals surface area contributed by atoms with Gasteiger partial charge in [0.25, 0.3) is 11.7 Å². The lowest BCUT2D eigenvalue weighted by atomic mass is 10.0. The normalized spacial score (nSPS) is 16.5. The number of aromatic nitrogens is 1. The number of benzene rings is 1. The quantitative estimate of drug-likeness (QED) is 0.754. The lowest BCUT2D eigenvalue weighted by Gasteiger charge is -2.28. The zero-order chi connectivity index (χ0) is 20.9. The predicted molar refractivity (Wildman–Crippen MR) is 104 cm³/mol. The van der Waals surface area contributed by atoms with Crippen LogP contribution >= 0.6 is 0 Å². The fourth-order valence-corrected chi connectivity index (χ4v) is 3.49. The smallest absolute Gasteiger partial charge is 0.351 e. The van der Waals surface area contributed by atoms with Crippen LogP contribution in [0.5, 0.6) is 0 Å². The fraction of sp³-hybridized carbons (Fsp3) is 0.429. The summed E-state index contributed by atoms with van der Waals surface area (Å²) in [5.74, 6) is 0.942. The molecule has 1 amide bonds. The maximum Gasteiger partial charge on any atom is 0.419 e. The number of hydrogen-bond donors (Lipinski definition) is 2. The van der Waals surface area contributed by atoms with Gasteiger partial charge in [0.15, 0.2) is 6.54 Å². The third-order valence-corrected chi connectivity index (χ3v) is 5.32. The molecule has 2 heterocycles. The van der Waals surface area contributed by atoms with Gasteiger partial charge >= 0.3 is 6.18 Å². The van der Waals surface area contributed by atoms with Gasteiger partial charge in [-0.25, -0.2) is 4.98 Å². The maximum atomic E-state index is 12.7. The van der Waals surface area contributed by atoms with Crippen molar-refractivity contribution in [3.05, 3.63) is 59.8 Å². The average Bonchev–Trinajstić information content (AvgIpc) is 2.73. The van der Waals surface area contributed by atoms with Crippen LogP contribution in [0.1, 0.15) is 24.0 Å². The van der Waals surface area contributed by atoms with Crippen molar-refractivity contribution in [2.24, 2.45) is 0 Å². The number of carbonyl (C=O) groups is 1. The third kappa shape index (κ3) is 5.93. The van der Waals surface area contributed by atoms with Crippen molar-refractivity contribution >= 4 is 11.7 Å². The number of amides is 1. The second-order valence-electron chi connectivity index (χ2n) is 7.49. The lowest BCUT2D eigenvalue weighted by molar-refractivity contribution is -0.892. The summed E-state index contributed by atoms with van der Waals surface area (Å²) in [7, 11) is 0. The van der Waals surface area contributed by atoms with Gasteiger partial charge < -0.3 is 10.2 Å². The molecule has 1 saturated heterocycles. The van der Waals surface area contributed by atoms with Crippen molar-refractivity contribution < 1.29 is 27.8 Å². The molecule has 5 nitrogen and oxygen atoms in total. The summed E-state index contributed by atoms with van der Waals surface area (Å²) in [6.07, 6.45) is -3.35. The first-order chi connectivity index (χ1) is 13.8. The Morgan fingerprint density at radius 2 is 1.86 bits per heavy atom. The van der Waals surface area contributed by atoms with E-state index in [2.05, 4.69) is 29.4 Å². The fourth-order valence-electron chi connectivity index (χ4n) is 3.49. The van der Waals surface area contributed by atoms with Gasteiger partial charge in [0.2, 0.25) is 0 Å². The van der Waals surface area contributed by atoms with Crippen molar-refractivity contribution in [2.45, 2.75) is 19.0 Å². The Morgan fingerprint density at radius 3 is 2.45 bits per heavy atom. The molecular formula is C21H27F3N4O+2. The molecule has 1 atom stereocenters. The van der Waals surface area contributed by atoms with E-state index in [-0.39, 0.29) is 11.8 Å². The standard InChI is InChI=1S/C21H25F3N4O/c1-16(17-5-3-2-4-6-17)13-26-20(29)15-27-9-11-28(12-10-27)19-8-7-18(14-25-19)21(22,23)24/h2-8,14,16H,9-13,15H2,1H3,(H,26,29)/p+2/t16-/m1/s1. The summed E-state index contributed by atoms with van der Waals surface area (Å²) in [6.45, 7) is 5.99. The minimum absolute atomic E-state index is 0.0253. The summed E-state index contributed by atoms with van der Waals surface area (Å²) >= 11 is 0. The van der Waals surface area contributed by atoms with Crippen LogP contribution in [0.15, 0.2) is 48.7 Å². The number of H-pyrrole nitrogens is 1. The first-order valence-corrected chi connectivity index (χ1v) is 9.82. The topological polar surface area (TPSA) is 50.9 Å². The number of quaternary nitrogens is 1. The van der Waals surface area contributed by atoms with Crippen LogP contribution in [-0.4, -0.2) is 45.2 Å². The average molecular weight is 408 g/mol. The molecule has 0 saturated carbocycles. The van der Waals surface area contributed by atoms with E-state index in [1.54, 1.807) is 0 Å². The van der Waals surface area contributed by atoms with Crippen LogP contribution < -0.4 is 20.1 Å². The Kier molecular flexibility index (Phi) is 6.74. The van der Waals surface area contributed by atoms with Gasteiger partial charge in [0, 0.05) is 12.6 Å². The van der Waals surface area contributed by atoms with Gasteiger partial charge in [0.05, 0.1) is 5.56 Å². The van der Waals surface area contributed by atoms with Crippen LogP contribution in [0.2, 0.25) is 0 Å². The highest BCUT2D eigenvalue weighted by Gasteiger charge is 2.33. The van der Waals surface area contributed by atoms with E-state index in [0.29, 0.717) is 32.0 Å². The zero-order valence-electron chi connectivity index (χ0n) is 16.4. The Balaban J connectivity index is 1.42. The summed E-state index contributed by atoms with van der Waals surface area (Å²) in [6, 6.07) is 12.6. The van der Waals surface area contributed by atoms with E-state index in [4.69, 9.17) is 0 Å². The summed E-state index contributed by atoms with van der Waals surface area (Å²) in [5, 5.41) is 3.01. The second kappa shape index (κ2) is 9.26. The van der Waals surface area contributed by atoms with Crippen LogP contribution in [0.3, 0.4) is 0 Å². The molecule has 2 aromatic rings. The number of alkyl halides is 3. The number of hydrogen-bond acceptors (Lipinski definition) is 2. The number of halogens is 3. The van der Waals surface area contributed by atoms with E-state index < -0.39 is 11.7 Å². The molecule has 3 N–H and O–H groups in total. The number of aromatic amines is 1. The van der Waals surface area contributed by atoms with Crippen LogP contribution in [0, 0.1) is 0 Å². The predicted octanol–water partition coefficient (Wildman–Crippen LogP) is 1.14. The monoisotopic (exact) mass is 408 g/mol. The molecule has 3 rings (SSSR count). The van der Waals surface area contributed by atoms with Crippen molar-refractivity contribution in [3.63, 3.8) is 0 Å². The van der Waals surface area contributed by atoms with Gasteiger partial charge in [-0.15, -0.1) is 0 Å². The highest BCUT2D eigenvalue weighted by molar-refractivity contribution is 5.76. The number of pyridine rings is 1. The van der Waals surface area contributed by atoms with Crippen LogP contribution in [0.4, 0.5) is 19.0 Å². The number of nitrogens with one attached hydrogen (secondary N) is 3. The van der Waals surface area contributed by atoms with E-state index in [1.807, 2.05) is 23.1 Å². The minimum Gasteiger partial charge on any atom is -0.351 e. The van der Waals surface area contributed by atoms with E-state index in [1.165, 1.54) is 16.5 Å². The highest BCUT2D eigenvalue weighted by Crippen LogP contribution is 2.28. The second-order valence-corrected chi connectivity index (χ2v) is 7.49. The van der Waals surface area contributed by atoms with Crippen molar-refractivity contribution in [2.75, 3.05) is 44.2 Å². The molecule has 0 aliphatic carbocycles. The summed E-state index contributed by atoms with van der Waals surface area (Å²) < 4.78 is 38.0. The SMILES string of the molecule is C[C@H](CNC(=O)C[NH+]1CCN(c2ccc(C(F)(F)F)c[nH+]2)CC1)c1ccccc1. The first-order valence-electron chi connectivity index (χ1n) is 9.82. The zero-order valence-corrected chi connectivity index (χ0v) is 16.4. The molecular weight excluding hydrogens is 381 g/mol. The molecule has 0 radical (unpaired) electrons. The van der Waals surface area contributed by atoms with Crippen molar-refractivity contribution in [1.29, 1.82) is 0 Å². The van der Waals surface area contributed by atoms with Crippen LogP contribution in [0.25, 0.3) is 0 Å². The Labute approximate surface area is 168 Å². The third-order valence-electron chi connectivity index (χ3n) is 5.32. The Hall–Kier alpha value is -2.61. The Bertz CT molecular complexity index is 788. The molecule has 1 aliphatic heterocycles. The minimum atomic E-state index is -4.34. The number of nitrogens with zero attached hydrogens (tertiary/aromatic N) is 1. The summed E-state index contributed by atoms with van der Waals surface area (Å²) in [4.78, 5) is 18.2. The highest BCUT2D eigenvalue weighted by atomic mass is 19.4. The van der Waals surface area contributed by atoms with E-state index in [9.17, 15) is 18.0 Å². The van der Waals surface area contributed by atoms with E-state index in [0.717, 1.165) is 25.4 Å². The number of carbonyl (C=O) groups excluding carboxylic acids is 1. The van der Waals surface area contributed by atoms with Gasteiger partial charge in [-0.3, -0.25) is 9.69 Å². The van der Waals surface area contributed by atoms with Crippen LogP contribution in [-0.2, 0) is 11.0 Å².